The van der Waals surface area contributed by atoms with Crippen LogP contribution in [0.2, 0.25) is 5.02 Å². The number of hydrogen-bond acceptors (Lipinski definition) is 4. The Hall–Kier alpha value is -0.820. The van der Waals surface area contributed by atoms with Crippen molar-refractivity contribution >= 4 is 27.3 Å². The van der Waals surface area contributed by atoms with Gasteiger partial charge in [-0.25, -0.2) is 12.7 Å². The van der Waals surface area contributed by atoms with Crippen molar-refractivity contribution in [2.45, 2.75) is 24.3 Å². The van der Waals surface area contributed by atoms with E-state index >= 15 is 0 Å². The number of hydrogen-bond donors (Lipinski definition) is 2. The molecule has 0 aromatic heterocycles. The Morgan fingerprint density at radius 2 is 1.95 bits per heavy atom. The molecule has 0 saturated heterocycles. The van der Waals surface area contributed by atoms with Crippen LogP contribution in [-0.2, 0) is 10.0 Å². The maximum atomic E-state index is 11.9. The number of benzene rings is 1. The van der Waals surface area contributed by atoms with Crippen molar-refractivity contribution in [3.8, 4) is 0 Å². The topological polar surface area (TPSA) is 69.6 Å². The second-order valence-electron chi connectivity index (χ2n) is 5.10. The Morgan fingerprint density at radius 3 is 2.37 bits per heavy atom. The van der Waals surface area contributed by atoms with Gasteiger partial charge in [0, 0.05) is 20.6 Å². The average molecular weight is 307 g/mol. The smallest absolute Gasteiger partial charge is 0.242 e. The molecule has 7 heteroatoms. The van der Waals surface area contributed by atoms with Gasteiger partial charge < -0.3 is 10.4 Å². The van der Waals surface area contributed by atoms with Gasteiger partial charge in [0.1, 0.15) is 0 Å². The minimum atomic E-state index is -3.49. The third kappa shape index (κ3) is 4.35. The van der Waals surface area contributed by atoms with Crippen LogP contribution in [0.15, 0.2) is 23.1 Å². The van der Waals surface area contributed by atoms with E-state index in [4.69, 9.17) is 11.6 Å². The molecule has 0 atom stereocenters. The summed E-state index contributed by atoms with van der Waals surface area (Å²) in [7, 11) is -0.564. The quantitative estimate of drug-likeness (QED) is 0.870. The SMILES string of the molecule is CN(C)S(=O)(=O)c1ccc(NCC(C)(C)O)c(Cl)c1. The van der Waals surface area contributed by atoms with Crippen LogP contribution < -0.4 is 5.32 Å². The zero-order valence-corrected chi connectivity index (χ0v) is 13.0. The summed E-state index contributed by atoms with van der Waals surface area (Å²) in [5.74, 6) is 0. The average Bonchev–Trinajstić information content (AvgIpc) is 2.25. The molecule has 0 radical (unpaired) electrons. The van der Waals surface area contributed by atoms with E-state index in [9.17, 15) is 13.5 Å². The number of anilines is 1. The number of rotatable bonds is 5. The van der Waals surface area contributed by atoms with Crippen molar-refractivity contribution in [3.05, 3.63) is 23.2 Å². The summed E-state index contributed by atoms with van der Waals surface area (Å²) >= 11 is 6.04. The van der Waals surface area contributed by atoms with E-state index in [-0.39, 0.29) is 4.90 Å². The van der Waals surface area contributed by atoms with Crippen LogP contribution in [0, 0.1) is 0 Å². The number of nitrogens with zero attached hydrogens (tertiary/aromatic N) is 1. The van der Waals surface area contributed by atoms with Crippen LogP contribution in [-0.4, -0.2) is 44.1 Å². The van der Waals surface area contributed by atoms with Crippen LogP contribution in [0.25, 0.3) is 0 Å². The molecule has 0 spiro atoms. The first-order valence-electron chi connectivity index (χ1n) is 5.72. The summed E-state index contributed by atoms with van der Waals surface area (Å²) in [4.78, 5) is 0.135. The summed E-state index contributed by atoms with van der Waals surface area (Å²) in [6.07, 6.45) is 0. The summed E-state index contributed by atoms with van der Waals surface area (Å²) < 4.78 is 25.0. The molecule has 0 unspecified atom stereocenters. The Morgan fingerprint density at radius 1 is 1.37 bits per heavy atom. The van der Waals surface area contributed by atoms with Crippen molar-refractivity contribution in [2.75, 3.05) is 26.0 Å². The van der Waals surface area contributed by atoms with Crippen LogP contribution in [0.5, 0.6) is 0 Å². The predicted molar refractivity (Wildman–Crippen MR) is 77.1 cm³/mol. The Balaban J connectivity index is 2.99. The summed E-state index contributed by atoms with van der Waals surface area (Å²) in [5.41, 5.74) is -0.293. The summed E-state index contributed by atoms with van der Waals surface area (Å²) in [6, 6.07) is 4.46. The fourth-order valence-corrected chi connectivity index (χ4v) is 2.56. The van der Waals surface area contributed by atoms with Gasteiger partial charge in [-0.2, -0.15) is 0 Å². The number of sulfonamides is 1. The predicted octanol–water partition coefficient (Wildman–Crippen LogP) is 1.77. The molecule has 0 aliphatic heterocycles. The van der Waals surface area contributed by atoms with Crippen LogP contribution in [0.4, 0.5) is 5.69 Å². The molecule has 0 amide bonds. The van der Waals surface area contributed by atoms with Gasteiger partial charge in [0.25, 0.3) is 0 Å². The van der Waals surface area contributed by atoms with E-state index in [1.54, 1.807) is 19.9 Å². The van der Waals surface area contributed by atoms with Gasteiger partial charge in [-0.1, -0.05) is 11.6 Å². The molecule has 5 nitrogen and oxygen atoms in total. The zero-order chi connectivity index (χ0) is 14.8. The molecule has 0 fully saturated rings. The van der Waals surface area contributed by atoms with E-state index in [0.717, 1.165) is 4.31 Å². The van der Waals surface area contributed by atoms with Gasteiger partial charge in [-0.3, -0.25) is 0 Å². The first-order chi connectivity index (χ1) is 8.54. The highest BCUT2D eigenvalue weighted by atomic mass is 35.5. The van der Waals surface area contributed by atoms with Crippen LogP contribution in [0.3, 0.4) is 0 Å². The lowest BCUT2D eigenvalue weighted by Gasteiger charge is -2.19. The largest absolute Gasteiger partial charge is 0.389 e. The van der Waals surface area contributed by atoms with E-state index < -0.39 is 15.6 Å². The molecule has 0 saturated carbocycles. The van der Waals surface area contributed by atoms with Gasteiger partial charge in [0.2, 0.25) is 10.0 Å². The Labute approximate surface area is 119 Å². The third-order valence-electron chi connectivity index (χ3n) is 2.43. The first kappa shape index (κ1) is 16.2. The molecular formula is C12H19ClN2O3S. The van der Waals surface area contributed by atoms with Crippen LogP contribution >= 0.6 is 11.6 Å². The molecule has 1 rings (SSSR count). The summed E-state index contributed by atoms with van der Waals surface area (Å²) in [5, 5.41) is 12.9. The highest BCUT2D eigenvalue weighted by Crippen LogP contribution is 2.26. The van der Waals surface area contributed by atoms with Gasteiger partial charge in [0.05, 0.1) is 21.2 Å². The Bertz CT molecular complexity index is 551. The van der Waals surface area contributed by atoms with Crippen molar-refractivity contribution in [2.24, 2.45) is 0 Å². The number of nitrogens with one attached hydrogen (secondary N) is 1. The first-order valence-corrected chi connectivity index (χ1v) is 7.54. The normalized spacial score (nSPS) is 12.8. The summed E-state index contributed by atoms with van der Waals surface area (Å²) in [6.45, 7) is 3.64. The van der Waals surface area contributed by atoms with Gasteiger partial charge in [-0.15, -0.1) is 0 Å². The monoisotopic (exact) mass is 306 g/mol. The number of aliphatic hydroxyl groups is 1. The molecule has 1 aromatic carbocycles. The molecule has 2 N–H and O–H groups in total. The fraction of sp³-hybridized carbons (Fsp3) is 0.500. The van der Waals surface area contributed by atoms with Crippen molar-refractivity contribution in [1.29, 1.82) is 0 Å². The molecule has 1 aromatic rings. The fourth-order valence-electron chi connectivity index (χ4n) is 1.32. The van der Waals surface area contributed by atoms with Crippen molar-refractivity contribution < 1.29 is 13.5 Å². The van der Waals surface area contributed by atoms with Crippen molar-refractivity contribution in [1.82, 2.24) is 4.31 Å². The minimum Gasteiger partial charge on any atom is -0.389 e. The zero-order valence-electron chi connectivity index (χ0n) is 11.4. The molecule has 108 valence electrons. The minimum absolute atomic E-state index is 0.135. The van der Waals surface area contributed by atoms with E-state index in [1.165, 1.54) is 26.2 Å². The molecule has 19 heavy (non-hydrogen) atoms. The highest BCUT2D eigenvalue weighted by Gasteiger charge is 2.19. The lowest BCUT2D eigenvalue weighted by atomic mass is 10.1. The highest BCUT2D eigenvalue weighted by molar-refractivity contribution is 7.89. The van der Waals surface area contributed by atoms with E-state index in [1.807, 2.05) is 0 Å². The number of halogens is 1. The Kier molecular flexibility index (Phi) is 4.84. The van der Waals surface area contributed by atoms with Gasteiger partial charge >= 0.3 is 0 Å². The van der Waals surface area contributed by atoms with Crippen LogP contribution in [0.1, 0.15) is 13.8 Å². The maximum absolute atomic E-state index is 11.9. The molecular weight excluding hydrogens is 288 g/mol. The second-order valence-corrected chi connectivity index (χ2v) is 7.65. The van der Waals surface area contributed by atoms with Crippen molar-refractivity contribution in [3.63, 3.8) is 0 Å². The molecule has 0 aliphatic rings. The van der Waals surface area contributed by atoms with Gasteiger partial charge in [0.15, 0.2) is 0 Å². The lowest BCUT2D eigenvalue weighted by molar-refractivity contribution is 0.0945. The molecule has 0 heterocycles. The molecule has 0 aliphatic carbocycles. The lowest BCUT2D eigenvalue weighted by Crippen LogP contribution is -2.29. The van der Waals surface area contributed by atoms with E-state index in [0.29, 0.717) is 17.3 Å². The third-order valence-corrected chi connectivity index (χ3v) is 4.55. The maximum Gasteiger partial charge on any atom is 0.242 e. The van der Waals surface area contributed by atoms with E-state index in [2.05, 4.69) is 5.32 Å². The second kappa shape index (κ2) is 5.66. The van der Waals surface area contributed by atoms with Gasteiger partial charge in [-0.05, 0) is 32.0 Å². The standard InChI is InChI=1S/C12H19ClN2O3S/c1-12(2,16)8-14-11-6-5-9(7-10(11)13)19(17,18)15(3)4/h5-7,14,16H,8H2,1-4H3. The molecule has 0 bridgehead atoms.